The largest absolute Gasteiger partial charge is 0.494 e. The molecule has 0 aliphatic heterocycles. The second-order valence-corrected chi connectivity index (χ2v) is 8.29. The number of carbonyl (C=O) groups excluding carboxylic acids is 1. The first-order valence-corrected chi connectivity index (χ1v) is 9.90. The number of hydrogen-bond acceptors (Lipinski definition) is 5. The molecule has 0 aliphatic carbocycles. The smallest absolute Gasteiger partial charge is 0.267 e. The topological polar surface area (TPSA) is 51.2 Å². The van der Waals surface area contributed by atoms with E-state index >= 15 is 0 Å². The van der Waals surface area contributed by atoms with Gasteiger partial charge >= 0.3 is 0 Å². The first-order valence-electron chi connectivity index (χ1n) is 7.41. The normalized spacial score (nSPS) is 10.6. The van der Waals surface area contributed by atoms with Gasteiger partial charge in [-0.1, -0.05) is 6.92 Å². The molecule has 1 amide bonds. The van der Waals surface area contributed by atoms with Crippen LogP contribution in [0.5, 0.6) is 5.75 Å². The number of carbonyl (C=O) groups is 1. The van der Waals surface area contributed by atoms with E-state index in [1.165, 1.54) is 22.7 Å². The molecule has 0 atom stereocenters. The van der Waals surface area contributed by atoms with Crippen LogP contribution in [-0.4, -0.2) is 17.5 Å². The van der Waals surface area contributed by atoms with Crippen molar-refractivity contribution < 1.29 is 9.53 Å². The molecule has 0 saturated heterocycles. The van der Waals surface area contributed by atoms with Crippen LogP contribution in [0.15, 0.2) is 45.6 Å². The fourth-order valence-electron chi connectivity index (χ4n) is 2.00. The van der Waals surface area contributed by atoms with Crippen molar-refractivity contribution in [1.82, 2.24) is 4.98 Å². The van der Waals surface area contributed by atoms with Crippen molar-refractivity contribution in [2.24, 2.45) is 0 Å². The van der Waals surface area contributed by atoms with E-state index in [9.17, 15) is 4.79 Å². The summed E-state index contributed by atoms with van der Waals surface area (Å²) in [5, 5.41) is 5.36. The summed E-state index contributed by atoms with van der Waals surface area (Å²) >= 11 is 6.16. The molecule has 3 aromatic rings. The summed E-state index contributed by atoms with van der Waals surface area (Å²) in [5.74, 6) is 0.711. The van der Waals surface area contributed by atoms with Crippen LogP contribution in [0.25, 0.3) is 11.3 Å². The fraction of sp³-hybridized carbons (Fsp3) is 0.176. The Bertz CT molecular complexity index is 827. The van der Waals surface area contributed by atoms with Gasteiger partial charge in [0.2, 0.25) is 0 Å². The minimum Gasteiger partial charge on any atom is -0.494 e. The highest BCUT2D eigenvalue weighted by molar-refractivity contribution is 9.11. The zero-order valence-electron chi connectivity index (χ0n) is 12.9. The first kappa shape index (κ1) is 17.1. The molecular formula is C17H15BrN2O2S2. The maximum atomic E-state index is 12.1. The molecular weight excluding hydrogens is 408 g/mol. The number of thiophene rings is 1. The average Bonchev–Trinajstić information content (AvgIpc) is 3.22. The number of thiazole rings is 1. The second kappa shape index (κ2) is 7.92. The fourth-order valence-corrected chi connectivity index (χ4v) is 4.00. The maximum Gasteiger partial charge on any atom is 0.267 e. The number of benzene rings is 1. The molecule has 3 rings (SSSR count). The third-order valence-corrected chi connectivity index (χ3v) is 5.52. The minimum atomic E-state index is -0.144. The lowest BCUT2D eigenvalue weighted by atomic mass is 10.2. The van der Waals surface area contributed by atoms with Crippen LogP contribution in [-0.2, 0) is 0 Å². The molecule has 124 valence electrons. The summed E-state index contributed by atoms with van der Waals surface area (Å²) in [4.78, 5) is 17.3. The second-order valence-electron chi connectivity index (χ2n) is 4.97. The maximum absolute atomic E-state index is 12.1. The molecule has 0 bridgehead atoms. The van der Waals surface area contributed by atoms with Crippen LogP contribution >= 0.6 is 38.6 Å². The van der Waals surface area contributed by atoms with Gasteiger partial charge in [0.05, 0.1) is 21.0 Å². The molecule has 7 heteroatoms. The van der Waals surface area contributed by atoms with Crippen molar-refractivity contribution in [1.29, 1.82) is 0 Å². The van der Waals surface area contributed by atoms with E-state index in [1.54, 1.807) is 6.07 Å². The van der Waals surface area contributed by atoms with Crippen LogP contribution in [0.3, 0.4) is 0 Å². The number of anilines is 1. The van der Waals surface area contributed by atoms with Crippen LogP contribution in [0.4, 0.5) is 5.13 Å². The lowest BCUT2D eigenvalue weighted by Crippen LogP contribution is -2.09. The quantitative estimate of drug-likeness (QED) is 0.555. The lowest BCUT2D eigenvalue weighted by molar-refractivity contribution is 0.103. The van der Waals surface area contributed by atoms with Gasteiger partial charge in [-0.3, -0.25) is 10.1 Å². The van der Waals surface area contributed by atoms with Gasteiger partial charge in [-0.15, -0.1) is 22.7 Å². The van der Waals surface area contributed by atoms with Crippen LogP contribution in [0, 0.1) is 0 Å². The van der Waals surface area contributed by atoms with Gasteiger partial charge in [-0.25, -0.2) is 4.98 Å². The molecule has 1 aromatic carbocycles. The monoisotopic (exact) mass is 422 g/mol. The highest BCUT2D eigenvalue weighted by Gasteiger charge is 2.12. The van der Waals surface area contributed by atoms with E-state index in [4.69, 9.17) is 4.74 Å². The van der Waals surface area contributed by atoms with E-state index in [0.29, 0.717) is 16.6 Å². The van der Waals surface area contributed by atoms with Crippen LogP contribution < -0.4 is 10.1 Å². The molecule has 2 aromatic heterocycles. The van der Waals surface area contributed by atoms with Crippen molar-refractivity contribution in [3.63, 3.8) is 0 Å². The molecule has 24 heavy (non-hydrogen) atoms. The Morgan fingerprint density at radius 2 is 2.04 bits per heavy atom. The number of halogens is 1. The van der Waals surface area contributed by atoms with E-state index in [1.807, 2.05) is 35.7 Å². The molecule has 0 unspecified atom stereocenters. The summed E-state index contributed by atoms with van der Waals surface area (Å²) in [7, 11) is 0. The number of rotatable bonds is 6. The van der Waals surface area contributed by atoms with Crippen LogP contribution in [0.1, 0.15) is 23.0 Å². The van der Waals surface area contributed by atoms with E-state index < -0.39 is 0 Å². The molecule has 4 nitrogen and oxygen atoms in total. The highest BCUT2D eigenvalue weighted by atomic mass is 79.9. The van der Waals surface area contributed by atoms with E-state index in [-0.39, 0.29) is 5.91 Å². The Hall–Kier alpha value is -1.70. The average molecular weight is 423 g/mol. The van der Waals surface area contributed by atoms with Crippen molar-refractivity contribution in [3.05, 3.63) is 50.4 Å². The van der Waals surface area contributed by atoms with E-state index in [2.05, 4.69) is 33.2 Å². The zero-order chi connectivity index (χ0) is 16.9. The Balaban J connectivity index is 1.67. The van der Waals surface area contributed by atoms with Crippen molar-refractivity contribution in [3.8, 4) is 17.0 Å². The SMILES string of the molecule is CCCOc1ccc(-c2csc(NC(=O)c3ccc(Br)s3)n2)cc1. The lowest BCUT2D eigenvalue weighted by Gasteiger charge is -2.04. The number of nitrogens with one attached hydrogen (secondary N) is 1. The summed E-state index contributed by atoms with van der Waals surface area (Å²) in [6, 6.07) is 11.5. The van der Waals surface area contributed by atoms with Gasteiger partial charge in [0, 0.05) is 10.9 Å². The Kier molecular flexibility index (Phi) is 5.65. The zero-order valence-corrected chi connectivity index (χ0v) is 16.1. The molecule has 2 heterocycles. The molecule has 0 radical (unpaired) electrons. The van der Waals surface area contributed by atoms with Crippen molar-refractivity contribution >= 4 is 49.6 Å². The predicted molar refractivity (Wildman–Crippen MR) is 103 cm³/mol. The summed E-state index contributed by atoms with van der Waals surface area (Å²) in [6.45, 7) is 2.79. The molecule has 0 aliphatic rings. The van der Waals surface area contributed by atoms with Gasteiger partial charge < -0.3 is 4.74 Å². The summed E-state index contributed by atoms with van der Waals surface area (Å²) in [5.41, 5.74) is 1.83. The van der Waals surface area contributed by atoms with Gasteiger partial charge in [0.1, 0.15) is 5.75 Å². The summed E-state index contributed by atoms with van der Waals surface area (Å²) in [6.07, 6.45) is 0.984. The third kappa shape index (κ3) is 4.23. The minimum absolute atomic E-state index is 0.144. The van der Waals surface area contributed by atoms with Crippen molar-refractivity contribution in [2.75, 3.05) is 11.9 Å². The number of nitrogens with zero attached hydrogens (tertiary/aromatic N) is 1. The highest BCUT2D eigenvalue weighted by Crippen LogP contribution is 2.28. The Labute approximate surface area is 156 Å². The number of amides is 1. The first-order chi connectivity index (χ1) is 11.7. The molecule has 1 N–H and O–H groups in total. The van der Waals surface area contributed by atoms with Gasteiger partial charge in [0.15, 0.2) is 5.13 Å². The standard InChI is InChI=1S/C17H15BrN2O2S2/c1-2-9-22-12-5-3-11(4-6-12)13-10-23-17(19-13)20-16(21)14-7-8-15(18)24-14/h3-8,10H,2,9H2,1H3,(H,19,20,21). The van der Waals surface area contributed by atoms with Gasteiger partial charge in [0.25, 0.3) is 5.91 Å². The van der Waals surface area contributed by atoms with Gasteiger partial charge in [-0.2, -0.15) is 0 Å². The molecule has 0 spiro atoms. The Morgan fingerprint density at radius 3 is 2.71 bits per heavy atom. The Morgan fingerprint density at radius 1 is 1.25 bits per heavy atom. The van der Waals surface area contributed by atoms with Crippen molar-refractivity contribution in [2.45, 2.75) is 13.3 Å². The molecule has 0 saturated carbocycles. The number of ether oxygens (including phenoxy) is 1. The third-order valence-electron chi connectivity index (χ3n) is 3.14. The predicted octanol–water partition coefficient (Wildman–Crippen LogP) is 5.68. The van der Waals surface area contributed by atoms with E-state index in [0.717, 1.165) is 27.2 Å². The number of aromatic nitrogens is 1. The summed E-state index contributed by atoms with van der Waals surface area (Å²) < 4.78 is 6.51. The number of hydrogen-bond donors (Lipinski definition) is 1. The molecule has 0 fully saturated rings. The van der Waals surface area contributed by atoms with Crippen LogP contribution in [0.2, 0.25) is 0 Å². The van der Waals surface area contributed by atoms with Gasteiger partial charge in [-0.05, 0) is 58.7 Å².